The van der Waals surface area contributed by atoms with Crippen LogP contribution >= 0.6 is 23.2 Å². The smallest absolute Gasteiger partial charge is 0.190 e. The van der Waals surface area contributed by atoms with E-state index in [1.807, 2.05) is 13.0 Å². The van der Waals surface area contributed by atoms with Crippen molar-refractivity contribution in [1.82, 2.24) is 24.6 Å². The summed E-state index contributed by atoms with van der Waals surface area (Å²) in [5, 5.41) is 26.0. The first-order chi connectivity index (χ1) is 19.0. The van der Waals surface area contributed by atoms with Gasteiger partial charge in [0, 0.05) is 28.4 Å². The molecule has 1 unspecified atom stereocenters. The molecule has 2 aromatic heterocycles. The third-order valence-corrected chi connectivity index (χ3v) is 9.62. The standard InChI is InChI=1S/C28H32Cl2N6O3S/c1-16-11-18(6-9-24(16)35-10-4-5-25(35)26(37)15-40(3,38)39)23-14-32-27-22(13-31)34-36(28(27)33-23)17(2)20-8-7-19(29)12-21(20)30/h6-8,12,14,16-17,24-26,37H,4-5,9-11,15H2,1-3H3/t16-,17-,24+,25+,26?/m1/s1. The van der Waals surface area contributed by atoms with E-state index in [4.69, 9.17) is 28.2 Å². The second-order valence-electron chi connectivity index (χ2n) is 11.0. The van der Waals surface area contributed by atoms with Gasteiger partial charge in [-0.2, -0.15) is 10.4 Å². The number of aromatic nitrogens is 4. The summed E-state index contributed by atoms with van der Waals surface area (Å²) in [5.74, 6) is 0.0409. The first-order valence-electron chi connectivity index (χ1n) is 13.4. The summed E-state index contributed by atoms with van der Waals surface area (Å²) < 4.78 is 25.3. The molecule has 3 heterocycles. The van der Waals surface area contributed by atoms with Crippen molar-refractivity contribution in [3.8, 4) is 6.07 Å². The third kappa shape index (κ3) is 5.76. The average molecular weight is 604 g/mol. The second-order valence-corrected chi connectivity index (χ2v) is 14.0. The van der Waals surface area contributed by atoms with Gasteiger partial charge in [-0.25, -0.2) is 23.1 Å². The molecule has 2 aliphatic rings. The first-order valence-corrected chi connectivity index (χ1v) is 16.2. The van der Waals surface area contributed by atoms with Crippen molar-refractivity contribution >= 4 is 49.8 Å². The predicted octanol–water partition coefficient (Wildman–Crippen LogP) is 4.67. The van der Waals surface area contributed by atoms with Crippen molar-refractivity contribution in [2.24, 2.45) is 5.92 Å². The second kappa shape index (κ2) is 11.4. The van der Waals surface area contributed by atoms with E-state index < -0.39 is 15.9 Å². The van der Waals surface area contributed by atoms with Gasteiger partial charge in [-0.3, -0.25) is 4.90 Å². The van der Waals surface area contributed by atoms with Crippen LogP contribution in [0.4, 0.5) is 0 Å². The Balaban J connectivity index is 1.43. The Morgan fingerprint density at radius 2 is 2.08 bits per heavy atom. The fourth-order valence-electron chi connectivity index (χ4n) is 6.17. The van der Waals surface area contributed by atoms with Crippen LogP contribution in [0.1, 0.15) is 62.5 Å². The van der Waals surface area contributed by atoms with E-state index in [9.17, 15) is 18.8 Å². The zero-order valence-electron chi connectivity index (χ0n) is 22.6. The Hall–Kier alpha value is -2.55. The molecule has 1 saturated heterocycles. The summed E-state index contributed by atoms with van der Waals surface area (Å²) in [6, 6.07) is 7.14. The predicted molar refractivity (Wildman–Crippen MR) is 156 cm³/mol. The maximum absolute atomic E-state index is 11.8. The number of hydrogen-bond donors (Lipinski definition) is 1. The molecule has 0 bridgehead atoms. The molecule has 0 spiro atoms. The molecule has 5 rings (SSSR count). The van der Waals surface area contributed by atoms with Gasteiger partial charge in [0.1, 0.15) is 21.4 Å². The summed E-state index contributed by atoms with van der Waals surface area (Å²) >= 11 is 12.6. The number of rotatable bonds is 7. The van der Waals surface area contributed by atoms with Crippen molar-refractivity contribution in [3.63, 3.8) is 0 Å². The van der Waals surface area contributed by atoms with Crippen molar-refractivity contribution in [1.29, 1.82) is 5.26 Å². The molecule has 1 aromatic carbocycles. The van der Waals surface area contributed by atoms with Crippen LogP contribution < -0.4 is 0 Å². The van der Waals surface area contributed by atoms with Crippen LogP contribution in [0.2, 0.25) is 10.0 Å². The molecule has 1 fully saturated rings. The van der Waals surface area contributed by atoms with Gasteiger partial charge in [-0.1, -0.05) is 42.3 Å². The van der Waals surface area contributed by atoms with Crippen LogP contribution in [0.3, 0.4) is 0 Å². The molecule has 1 aliphatic carbocycles. The van der Waals surface area contributed by atoms with Crippen molar-refractivity contribution < 1.29 is 13.5 Å². The lowest BCUT2D eigenvalue weighted by Crippen LogP contribution is -2.50. The Labute approximate surface area is 244 Å². The molecular weight excluding hydrogens is 571 g/mol. The number of benzene rings is 1. The minimum absolute atomic E-state index is 0.159. The highest BCUT2D eigenvalue weighted by molar-refractivity contribution is 7.90. The van der Waals surface area contributed by atoms with Gasteiger partial charge in [0.15, 0.2) is 11.3 Å². The van der Waals surface area contributed by atoms with Gasteiger partial charge in [0.05, 0.1) is 29.8 Å². The maximum atomic E-state index is 11.8. The van der Waals surface area contributed by atoms with E-state index in [1.165, 1.54) is 6.26 Å². The van der Waals surface area contributed by atoms with Crippen LogP contribution in [0.5, 0.6) is 0 Å². The average Bonchev–Trinajstić information content (AvgIpc) is 3.52. The molecule has 0 amide bonds. The van der Waals surface area contributed by atoms with Crippen molar-refractivity contribution in [3.05, 3.63) is 57.5 Å². The number of nitrogens with zero attached hydrogens (tertiary/aromatic N) is 6. The van der Waals surface area contributed by atoms with Gasteiger partial charge in [0.2, 0.25) is 0 Å². The Kier molecular flexibility index (Phi) is 8.24. The van der Waals surface area contributed by atoms with E-state index in [-0.39, 0.29) is 35.5 Å². The fourth-order valence-corrected chi connectivity index (χ4v) is 7.58. The quantitative estimate of drug-likeness (QED) is 0.413. The normalized spacial score (nSPS) is 23.6. The highest BCUT2D eigenvalue weighted by Crippen LogP contribution is 2.37. The number of nitriles is 1. The van der Waals surface area contributed by atoms with Crippen molar-refractivity contribution in [2.75, 3.05) is 18.6 Å². The highest BCUT2D eigenvalue weighted by Gasteiger charge is 2.39. The molecule has 12 heteroatoms. The minimum atomic E-state index is -3.27. The van der Waals surface area contributed by atoms with Gasteiger partial charge < -0.3 is 5.11 Å². The summed E-state index contributed by atoms with van der Waals surface area (Å²) in [5.41, 5.74) is 3.74. The van der Waals surface area contributed by atoms with Gasteiger partial charge in [0.25, 0.3) is 0 Å². The SMILES string of the molecule is C[C@@H]1CC(c2cnc3c(C#N)nn([C@H](C)c4ccc(Cl)cc4Cl)c3n2)=CC[C@@H]1N1CCC[C@H]1C(O)CS(C)(=O)=O. The van der Waals surface area contributed by atoms with Crippen LogP contribution in [0.25, 0.3) is 16.7 Å². The lowest BCUT2D eigenvalue weighted by Gasteiger charge is -2.40. The molecule has 212 valence electrons. The largest absolute Gasteiger partial charge is 0.390 e. The van der Waals surface area contributed by atoms with E-state index in [1.54, 1.807) is 23.0 Å². The van der Waals surface area contributed by atoms with Gasteiger partial charge in [-0.15, -0.1) is 0 Å². The number of likely N-dealkylation sites (tertiary alicyclic amines) is 1. The molecule has 5 atom stereocenters. The lowest BCUT2D eigenvalue weighted by molar-refractivity contribution is 0.0463. The van der Waals surface area contributed by atoms with Gasteiger partial charge in [-0.05, 0) is 68.3 Å². The third-order valence-electron chi connectivity index (χ3n) is 8.11. The molecule has 3 aromatic rings. The van der Waals surface area contributed by atoms with Crippen LogP contribution in [0.15, 0.2) is 30.5 Å². The first kappa shape index (κ1) is 29.0. The van der Waals surface area contributed by atoms with E-state index >= 15 is 0 Å². The molecular formula is C28H32Cl2N6O3S. The van der Waals surface area contributed by atoms with Crippen LogP contribution in [0, 0.1) is 17.2 Å². The zero-order chi connectivity index (χ0) is 28.8. The highest BCUT2D eigenvalue weighted by atomic mass is 35.5. The molecule has 1 N–H and O–H groups in total. The Bertz CT molecular complexity index is 1620. The van der Waals surface area contributed by atoms with Gasteiger partial charge >= 0.3 is 0 Å². The number of aliphatic hydroxyl groups excluding tert-OH is 1. The number of aliphatic hydroxyl groups is 1. The molecule has 1 aliphatic heterocycles. The van der Waals surface area contributed by atoms with Crippen molar-refractivity contribution in [2.45, 2.75) is 63.8 Å². The molecule has 0 radical (unpaired) electrons. The summed E-state index contributed by atoms with van der Waals surface area (Å²) in [7, 11) is -3.27. The number of halogens is 2. The summed E-state index contributed by atoms with van der Waals surface area (Å²) in [4.78, 5) is 11.8. The summed E-state index contributed by atoms with van der Waals surface area (Å²) in [6.07, 6.45) is 7.39. The van der Waals surface area contributed by atoms with Crippen LogP contribution in [-0.4, -0.2) is 74.9 Å². The maximum Gasteiger partial charge on any atom is 0.190 e. The van der Waals surface area contributed by atoms with E-state index in [0.717, 1.165) is 49.1 Å². The Morgan fingerprint density at radius 3 is 2.75 bits per heavy atom. The van der Waals surface area contributed by atoms with E-state index in [0.29, 0.717) is 21.2 Å². The monoisotopic (exact) mass is 602 g/mol. The number of sulfone groups is 1. The minimum Gasteiger partial charge on any atom is -0.390 e. The number of fused-ring (bicyclic) bond motifs is 1. The van der Waals surface area contributed by atoms with Crippen LogP contribution in [-0.2, 0) is 9.84 Å². The number of hydrogen-bond acceptors (Lipinski definition) is 8. The molecule has 9 nitrogen and oxygen atoms in total. The fraction of sp³-hybridized carbons (Fsp3) is 0.500. The zero-order valence-corrected chi connectivity index (χ0v) is 25.0. The Morgan fingerprint density at radius 1 is 1.30 bits per heavy atom. The summed E-state index contributed by atoms with van der Waals surface area (Å²) in [6.45, 7) is 4.97. The lowest BCUT2D eigenvalue weighted by atomic mass is 9.83. The molecule has 40 heavy (non-hydrogen) atoms. The number of allylic oxidation sites excluding steroid dienone is 1. The topological polar surface area (TPSA) is 125 Å². The molecule has 0 saturated carbocycles. The van der Waals surface area contributed by atoms with E-state index in [2.05, 4.69) is 34.1 Å².